The molecule has 7 heteroatoms. The van der Waals surface area contributed by atoms with Gasteiger partial charge in [-0.05, 0) is 0 Å². The molecule has 2 fully saturated rings. The average Bonchev–Trinajstić information content (AvgIpc) is 2.69. The molecule has 2 aliphatic heterocycles. The van der Waals surface area contributed by atoms with Crippen LogP contribution in [0.1, 0.15) is 0 Å². The van der Waals surface area contributed by atoms with E-state index in [4.69, 9.17) is 9.84 Å². The van der Waals surface area contributed by atoms with Gasteiger partial charge >= 0.3 is 6.03 Å². The number of hydrogen-bond acceptors (Lipinski definition) is 5. The van der Waals surface area contributed by atoms with Crippen molar-refractivity contribution in [2.75, 3.05) is 26.3 Å². The molecule has 2 heterocycles. The summed E-state index contributed by atoms with van der Waals surface area (Å²) in [6.07, 6.45) is -3.04. The Kier molecular flexibility index (Phi) is 3.29. The molecule has 2 aliphatic rings. The van der Waals surface area contributed by atoms with Gasteiger partial charge in [-0.3, -0.25) is 0 Å². The van der Waals surface area contributed by atoms with E-state index in [9.17, 15) is 15.0 Å². The molecule has 0 saturated carbocycles. The van der Waals surface area contributed by atoms with Crippen LogP contribution in [0.5, 0.6) is 0 Å². The van der Waals surface area contributed by atoms with E-state index in [-0.39, 0.29) is 19.2 Å². The van der Waals surface area contributed by atoms with Gasteiger partial charge in [0.1, 0.15) is 18.3 Å². The fraction of sp³-hybridized carbons (Fsp3) is 0.889. The molecule has 4 atom stereocenters. The zero-order chi connectivity index (χ0) is 11.7. The number of carbonyl (C=O) groups excluding carboxylic acids is 1. The van der Waals surface area contributed by atoms with Gasteiger partial charge in [0, 0.05) is 13.1 Å². The maximum Gasteiger partial charge on any atom is 0.317 e. The molecule has 16 heavy (non-hydrogen) atoms. The first kappa shape index (κ1) is 11.6. The van der Waals surface area contributed by atoms with E-state index >= 15 is 0 Å². The number of nitrogens with one attached hydrogen (secondary N) is 1. The van der Waals surface area contributed by atoms with E-state index in [1.54, 1.807) is 0 Å². The molecule has 0 aromatic rings. The quantitative estimate of drug-likeness (QED) is 0.421. The highest BCUT2D eigenvalue weighted by atomic mass is 16.5. The van der Waals surface area contributed by atoms with Gasteiger partial charge in [0.15, 0.2) is 0 Å². The number of aliphatic hydroxyl groups is 3. The lowest BCUT2D eigenvalue weighted by Gasteiger charge is -2.40. The summed E-state index contributed by atoms with van der Waals surface area (Å²) < 4.78 is 5.20. The van der Waals surface area contributed by atoms with Crippen molar-refractivity contribution in [1.82, 2.24) is 10.2 Å². The zero-order valence-corrected chi connectivity index (χ0v) is 8.74. The molecule has 3 unspecified atom stereocenters. The second kappa shape index (κ2) is 4.54. The highest BCUT2D eigenvalue weighted by molar-refractivity contribution is 5.76. The molecular formula is C9H16N2O5. The van der Waals surface area contributed by atoms with Crippen LogP contribution in [0.25, 0.3) is 0 Å². The molecule has 0 aromatic heterocycles. The van der Waals surface area contributed by atoms with E-state index in [1.807, 2.05) is 0 Å². The third-order valence-electron chi connectivity index (χ3n) is 3.08. The van der Waals surface area contributed by atoms with Crippen LogP contribution in [0.4, 0.5) is 4.79 Å². The predicted octanol–water partition coefficient (Wildman–Crippen LogP) is -2.51. The van der Waals surface area contributed by atoms with Gasteiger partial charge in [0.2, 0.25) is 0 Å². The number of carbonyl (C=O) groups is 1. The van der Waals surface area contributed by atoms with Crippen molar-refractivity contribution in [3.8, 4) is 0 Å². The third-order valence-corrected chi connectivity index (χ3v) is 3.08. The van der Waals surface area contributed by atoms with Crippen LogP contribution in [0, 0.1) is 0 Å². The number of aliphatic hydroxyl groups excluding tert-OH is 3. The second-order valence-electron chi connectivity index (χ2n) is 4.03. The highest BCUT2D eigenvalue weighted by Gasteiger charge is 2.43. The Hall–Kier alpha value is -0.890. The molecule has 2 saturated heterocycles. The number of rotatable bonds is 2. The number of nitrogens with zero attached hydrogens (tertiary/aromatic N) is 1. The minimum atomic E-state index is -1.17. The van der Waals surface area contributed by atoms with Crippen LogP contribution in [0.3, 0.4) is 0 Å². The van der Waals surface area contributed by atoms with Gasteiger partial charge in [-0.15, -0.1) is 0 Å². The summed E-state index contributed by atoms with van der Waals surface area (Å²) in [6, 6.07) is -0.817. The Labute approximate surface area is 92.6 Å². The summed E-state index contributed by atoms with van der Waals surface area (Å²) in [5, 5.41) is 31.0. The molecule has 2 amide bonds. The molecule has 0 aromatic carbocycles. The zero-order valence-electron chi connectivity index (χ0n) is 8.74. The minimum absolute atomic E-state index is 0.122. The largest absolute Gasteiger partial charge is 0.394 e. The molecule has 0 aliphatic carbocycles. The maximum absolute atomic E-state index is 11.4. The summed E-state index contributed by atoms with van der Waals surface area (Å²) in [5.74, 6) is 0. The van der Waals surface area contributed by atoms with Crippen molar-refractivity contribution in [3.63, 3.8) is 0 Å². The minimum Gasteiger partial charge on any atom is -0.394 e. The first-order valence-electron chi connectivity index (χ1n) is 5.28. The van der Waals surface area contributed by atoms with Crippen molar-refractivity contribution < 1.29 is 24.9 Å². The lowest BCUT2D eigenvalue weighted by Crippen LogP contribution is -2.60. The van der Waals surface area contributed by atoms with Gasteiger partial charge in [-0.1, -0.05) is 0 Å². The fourth-order valence-electron chi connectivity index (χ4n) is 2.10. The molecule has 2 rings (SSSR count). The number of ether oxygens (including phenoxy) is 1. The van der Waals surface area contributed by atoms with Crippen LogP contribution in [0.15, 0.2) is 0 Å². The topological polar surface area (TPSA) is 102 Å². The Balaban J connectivity index is 2.04. The predicted molar refractivity (Wildman–Crippen MR) is 52.7 cm³/mol. The van der Waals surface area contributed by atoms with E-state index in [0.717, 1.165) is 0 Å². The van der Waals surface area contributed by atoms with Gasteiger partial charge in [0.05, 0.1) is 19.3 Å². The lowest BCUT2D eigenvalue weighted by molar-refractivity contribution is -0.174. The standard InChI is InChI=1S/C9H16N2O5/c12-3-6-8(14)7(13)5(4-16-6)11-2-1-10-9(11)15/h5-8,12-14H,1-4H2,(H,10,15)/t5-,6?,7?,8?/m1/s1. The molecule has 0 radical (unpaired) electrons. The Morgan fingerprint density at radius 2 is 2.19 bits per heavy atom. The summed E-state index contributed by atoms with van der Waals surface area (Å²) in [4.78, 5) is 12.8. The normalized spacial score (nSPS) is 39.9. The van der Waals surface area contributed by atoms with E-state index < -0.39 is 24.4 Å². The summed E-state index contributed by atoms with van der Waals surface area (Å²) >= 11 is 0. The molecule has 0 spiro atoms. The van der Waals surface area contributed by atoms with E-state index in [0.29, 0.717) is 13.1 Å². The summed E-state index contributed by atoms with van der Waals surface area (Å²) in [6.45, 7) is 0.788. The Bertz CT molecular complexity index is 275. The Morgan fingerprint density at radius 3 is 2.75 bits per heavy atom. The molecule has 7 nitrogen and oxygen atoms in total. The summed E-state index contributed by atoms with van der Waals surface area (Å²) in [7, 11) is 0. The first-order chi connectivity index (χ1) is 7.65. The maximum atomic E-state index is 11.4. The van der Waals surface area contributed by atoms with Crippen LogP contribution < -0.4 is 5.32 Å². The van der Waals surface area contributed by atoms with E-state index in [1.165, 1.54) is 4.90 Å². The fourth-order valence-corrected chi connectivity index (χ4v) is 2.10. The van der Waals surface area contributed by atoms with Gasteiger partial charge in [-0.2, -0.15) is 0 Å². The molecular weight excluding hydrogens is 216 g/mol. The Morgan fingerprint density at radius 1 is 1.44 bits per heavy atom. The van der Waals surface area contributed by atoms with Gasteiger partial charge < -0.3 is 30.3 Å². The highest BCUT2D eigenvalue weighted by Crippen LogP contribution is 2.20. The number of hydrogen-bond donors (Lipinski definition) is 4. The van der Waals surface area contributed by atoms with E-state index in [2.05, 4.69) is 5.32 Å². The van der Waals surface area contributed by atoms with Gasteiger partial charge in [-0.25, -0.2) is 4.79 Å². The number of amides is 2. The number of urea groups is 1. The van der Waals surface area contributed by atoms with Crippen molar-refractivity contribution in [2.45, 2.75) is 24.4 Å². The third kappa shape index (κ3) is 1.86. The molecule has 92 valence electrons. The SMILES string of the molecule is O=C1NCCN1[C@@H]1COC(CO)C(O)C1O. The average molecular weight is 232 g/mol. The molecule has 4 N–H and O–H groups in total. The van der Waals surface area contributed by atoms with Crippen LogP contribution in [0.2, 0.25) is 0 Å². The monoisotopic (exact) mass is 232 g/mol. The summed E-state index contributed by atoms with van der Waals surface area (Å²) in [5.41, 5.74) is 0. The lowest BCUT2D eigenvalue weighted by atomic mass is 9.97. The van der Waals surface area contributed by atoms with Crippen molar-refractivity contribution in [3.05, 3.63) is 0 Å². The van der Waals surface area contributed by atoms with Gasteiger partial charge in [0.25, 0.3) is 0 Å². The van der Waals surface area contributed by atoms with Crippen LogP contribution >= 0.6 is 0 Å². The van der Waals surface area contributed by atoms with Crippen molar-refractivity contribution in [2.24, 2.45) is 0 Å². The van der Waals surface area contributed by atoms with Crippen molar-refractivity contribution >= 4 is 6.03 Å². The van der Waals surface area contributed by atoms with Crippen molar-refractivity contribution in [1.29, 1.82) is 0 Å². The molecule has 0 bridgehead atoms. The first-order valence-corrected chi connectivity index (χ1v) is 5.28. The van der Waals surface area contributed by atoms with Crippen LogP contribution in [-0.4, -0.2) is 76.9 Å². The smallest absolute Gasteiger partial charge is 0.317 e. The van der Waals surface area contributed by atoms with Crippen LogP contribution in [-0.2, 0) is 4.74 Å². The second-order valence-corrected chi connectivity index (χ2v) is 4.03.